The van der Waals surface area contributed by atoms with E-state index in [0.29, 0.717) is 5.69 Å². The van der Waals surface area contributed by atoms with Gasteiger partial charge in [0.1, 0.15) is 5.69 Å². The van der Waals surface area contributed by atoms with Crippen LogP contribution in [-0.4, -0.2) is 36.3 Å². The van der Waals surface area contributed by atoms with Crippen molar-refractivity contribution in [1.82, 2.24) is 15.1 Å². The Labute approximate surface area is 95.8 Å². The molecule has 5 heteroatoms. The number of nitrogens with one attached hydrogen (secondary N) is 1. The van der Waals surface area contributed by atoms with E-state index in [1.165, 1.54) is 0 Å². The van der Waals surface area contributed by atoms with E-state index in [0.717, 1.165) is 44.6 Å². The van der Waals surface area contributed by atoms with Crippen molar-refractivity contribution in [2.75, 3.05) is 20.3 Å². The highest BCUT2D eigenvalue weighted by molar-refractivity contribution is 5.71. The van der Waals surface area contributed by atoms with Gasteiger partial charge in [0, 0.05) is 26.8 Å². The van der Waals surface area contributed by atoms with Crippen molar-refractivity contribution >= 4 is 6.29 Å². The quantitative estimate of drug-likeness (QED) is 0.758. The number of nitrogens with zero attached hydrogens (tertiary/aromatic N) is 2. The second kappa shape index (κ2) is 7.14. The molecule has 5 nitrogen and oxygen atoms in total. The average Bonchev–Trinajstić information content (AvgIpc) is 2.60. The summed E-state index contributed by atoms with van der Waals surface area (Å²) < 4.78 is 6.45. The molecule has 1 N–H and O–H groups in total. The summed E-state index contributed by atoms with van der Waals surface area (Å²) in [6.07, 6.45) is 1.87. The molecule has 1 aromatic heterocycles. The molecule has 90 valence electrons. The number of fused-ring (bicyclic) bond motifs is 1. The molecular formula is C11H19N3O2. The molecule has 2 rings (SSSR count). The Balaban J connectivity index is 0.000000280. The lowest BCUT2D eigenvalue weighted by Crippen LogP contribution is -2.11. The Morgan fingerprint density at radius 2 is 2.44 bits per heavy atom. The fourth-order valence-electron chi connectivity index (χ4n) is 1.44. The van der Waals surface area contributed by atoms with E-state index in [9.17, 15) is 4.79 Å². The van der Waals surface area contributed by atoms with E-state index in [4.69, 9.17) is 0 Å². The molecule has 0 amide bonds. The zero-order valence-electron chi connectivity index (χ0n) is 9.90. The summed E-state index contributed by atoms with van der Waals surface area (Å²) in [5.41, 5.74) is 1.64. The molecular weight excluding hydrogens is 206 g/mol. The van der Waals surface area contributed by atoms with Gasteiger partial charge in [-0.2, -0.15) is 5.10 Å². The largest absolute Gasteiger partial charge is 0.385 e. The van der Waals surface area contributed by atoms with Crippen molar-refractivity contribution in [1.29, 1.82) is 0 Å². The molecule has 0 aromatic carbocycles. The molecule has 0 unspecified atom stereocenters. The smallest absolute Gasteiger partial charge is 0.170 e. The van der Waals surface area contributed by atoms with Gasteiger partial charge in [-0.15, -0.1) is 0 Å². The van der Waals surface area contributed by atoms with Crippen molar-refractivity contribution in [3.63, 3.8) is 0 Å². The molecule has 1 aliphatic heterocycles. The number of carbonyl (C=O) groups is 1. The van der Waals surface area contributed by atoms with Crippen LogP contribution in [0.25, 0.3) is 0 Å². The maximum atomic E-state index is 10.4. The molecule has 0 spiro atoms. The summed E-state index contributed by atoms with van der Waals surface area (Å²) in [6, 6.07) is 1.84. The number of carbonyl (C=O) groups excluding carboxylic acids is 1. The zero-order chi connectivity index (χ0) is 11.8. The highest BCUT2D eigenvalue weighted by Gasteiger charge is 2.09. The van der Waals surface area contributed by atoms with Gasteiger partial charge >= 0.3 is 0 Å². The van der Waals surface area contributed by atoms with E-state index in [-0.39, 0.29) is 0 Å². The van der Waals surface area contributed by atoms with Gasteiger partial charge in [-0.05, 0) is 26.0 Å². The Bertz CT molecular complexity index is 298. The SMILES string of the molecule is CCOC.O=Cc1cc2n(n1)CCCNC2. The van der Waals surface area contributed by atoms with E-state index in [2.05, 4.69) is 15.2 Å². The molecule has 16 heavy (non-hydrogen) atoms. The number of hydrogen-bond donors (Lipinski definition) is 1. The van der Waals surface area contributed by atoms with Gasteiger partial charge in [0.05, 0.1) is 5.69 Å². The number of aldehydes is 1. The van der Waals surface area contributed by atoms with Gasteiger partial charge in [-0.1, -0.05) is 0 Å². The second-order valence-electron chi connectivity index (χ2n) is 3.51. The Hall–Kier alpha value is -1.20. The fourth-order valence-corrected chi connectivity index (χ4v) is 1.44. The minimum atomic E-state index is 0.536. The van der Waals surface area contributed by atoms with Crippen LogP contribution in [0.2, 0.25) is 0 Å². The normalized spacial score (nSPS) is 14.4. The molecule has 1 aliphatic rings. The zero-order valence-corrected chi connectivity index (χ0v) is 9.90. The molecule has 0 radical (unpaired) electrons. The fraction of sp³-hybridized carbons (Fsp3) is 0.636. The number of methoxy groups -OCH3 is 1. The van der Waals surface area contributed by atoms with Crippen molar-refractivity contribution in [3.8, 4) is 0 Å². The molecule has 0 atom stereocenters. The maximum absolute atomic E-state index is 10.4. The Morgan fingerprint density at radius 1 is 1.69 bits per heavy atom. The summed E-state index contributed by atoms with van der Waals surface area (Å²) in [5, 5.41) is 7.40. The van der Waals surface area contributed by atoms with Gasteiger partial charge in [0.25, 0.3) is 0 Å². The number of ether oxygens (including phenoxy) is 1. The van der Waals surface area contributed by atoms with Crippen LogP contribution in [0, 0.1) is 0 Å². The van der Waals surface area contributed by atoms with Crippen molar-refractivity contribution in [2.45, 2.75) is 26.4 Å². The van der Waals surface area contributed by atoms with Crippen LogP contribution in [0.1, 0.15) is 29.5 Å². The first kappa shape index (κ1) is 12.9. The second-order valence-corrected chi connectivity index (χ2v) is 3.51. The lowest BCUT2D eigenvalue weighted by atomic mass is 10.3. The number of aryl methyl sites for hydroxylation is 1. The van der Waals surface area contributed by atoms with E-state index < -0.39 is 0 Å². The van der Waals surface area contributed by atoms with Crippen LogP contribution in [0.15, 0.2) is 6.07 Å². The summed E-state index contributed by atoms with van der Waals surface area (Å²) in [5.74, 6) is 0. The van der Waals surface area contributed by atoms with Crippen LogP contribution >= 0.6 is 0 Å². The third-order valence-electron chi connectivity index (χ3n) is 2.32. The van der Waals surface area contributed by atoms with Crippen LogP contribution < -0.4 is 5.32 Å². The molecule has 2 heterocycles. The number of hydrogen-bond acceptors (Lipinski definition) is 4. The highest BCUT2D eigenvalue weighted by Crippen LogP contribution is 2.06. The van der Waals surface area contributed by atoms with E-state index in [1.807, 2.05) is 17.7 Å². The monoisotopic (exact) mass is 225 g/mol. The molecule has 0 fully saturated rings. The van der Waals surface area contributed by atoms with Crippen LogP contribution in [0.3, 0.4) is 0 Å². The predicted octanol–water partition coefficient (Wildman–Crippen LogP) is 0.842. The standard InChI is InChI=1S/C8H11N3O.C3H8O/c12-6-7-4-8-5-9-2-1-3-11(8)10-7;1-3-4-2/h4,6,9H,1-3,5H2;3H2,1-2H3. The van der Waals surface area contributed by atoms with Gasteiger partial charge in [-0.3, -0.25) is 9.48 Å². The predicted molar refractivity (Wildman–Crippen MR) is 61.5 cm³/mol. The Morgan fingerprint density at radius 3 is 3.06 bits per heavy atom. The Kier molecular flexibility index (Phi) is 5.74. The molecule has 0 saturated carbocycles. The lowest BCUT2D eigenvalue weighted by molar-refractivity contribution is 0.111. The lowest BCUT2D eigenvalue weighted by Gasteiger charge is -1.98. The maximum Gasteiger partial charge on any atom is 0.170 e. The van der Waals surface area contributed by atoms with Gasteiger partial charge in [0.15, 0.2) is 6.29 Å². The van der Waals surface area contributed by atoms with Gasteiger partial charge in [0.2, 0.25) is 0 Å². The van der Waals surface area contributed by atoms with Crippen molar-refractivity contribution in [3.05, 3.63) is 17.5 Å². The summed E-state index contributed by atoms with van der Waals surface area (Å²) in [4.78, 5) is 10.4. The summed E-state index contributed by atoms with van der Waals surface area (Å²) in [7, 11) is 1.68. The van der Waals surface area contributed by atoms with Gasteiger partial charge in [-0.25, -0.2) is 0 Å². The minimum Gasteiger partial charge on any atom is -0.385 e. The van der Waals surface area contributed by atoms with Crippen molar-refractivity contribution < 1.29 is 9.53 Å². The molecule has 0 saturated heterocycles. The minimum absolute atomic E-state index is 0.536. The van der Waals surface area contributed by atoms with Crippen LogP contribution in [-0.2, 0) is 17.8 Å². The van der Waals surface area contributed by atoms with Gasteiger partial charge < -0.3 is 10.1 Å². The molecule has 0 bridgehead atoms. The highest BCUT2D eigenvalue weighted by atomic mass is 16.5. The summed E-state index contributed by atoms with van der Waals surface area (Å²) >= 11 is 0. The first-order valence-electron chi connectivity index (χ1n) is 5.53. The summed E-state index contributed by atoms with van der Waals surface area (Å²) in [6.45, 7) is 5.54. The number of rotatable bonds is 2. The van der Waals surface area contributed by atoms with E-state index >= 15 is 0 Å². The molecule has 1 aromatic rings. The van der Waals surface area contributed by atoms with Crippen LogP contribution in [0.4, 0.5) is 0 Å². The third kappa shape index (κ3) is 3.75. The first-order valence-corrected chi connectivity index (χ1v) is 5.53. The number of aromatic nitrogens is 2. The topological polar surface area (TPSA) is 56.2 Å². The van der Waals surface area contributed by atoms with Crippen molar-refractivity contribution in [2.24, 2.45) is 0 Å². The average molecular weight is 225 g/mol. The van der Waals surface area contributed by atoms with Crippen LogP contribution in [0.5, 0.6) is 0 Å². The molecule has 0 aliphatic carbocycles. The third-order valence-corrected chi connectivity index (χ3v) is 2.32. The van der Waals surface area contributed by atoms with E-state index in [1.54, 1.807) is 7.11 Å². The first-order chi connectivity index (χ1) is 7.81.